The lowest BCUT2D eigenvalue weighted by Crippen LogP contribution is -2.39. The van der Waals surface area contributed by atoms with E-state index in [2.05, 4.69) is 34.3 Å². The molecule has 0 saturated heterocycles. The third-order valence-electron chi connectivity index (χ3n) is 5.35. The highest BCUT2D eigenvalue weighted by molar-refractivity contribution is 7.92. The van der Waals surface area contributed by atoms with Crippen LogP contribution in [0.1, 0.15) is 37.2 Å². The monoisotopic (exact) mass is 434 g/mol. The Balaban J connectivity index is 1.40. The smallest absolute Gasteiger partial charge is 0.229 e. The van der Waals surface area contributed by atoms with Crippen molar-refractivity contribution < 1.29 is 23.4 Å². The van der Waals surface area contributed by atoms with Crippen molar-refractivity contribution in [2.45, 2.75) is 43.7 Å². The van der Waals surface area contributed by atoms with E-state index >= 15 is 0 Å². The lowest BCUT2D eigenvalue weighted by atomic mass is 9.82. The van der Waals surface area contributed by atoms with Gasteiger partial charge in [-0.2, -0.15) is 0 Å². The summed E-state index contributed by atoms with van der Waals surface area (Å²) in [6.45, 7) is 0.489. The summed E-state index contributed by atoms with van der Waals surface area (Å²) in [6, 6.07) is 15.3. The van der Waals surface area contributed by atoms with Crippen LogP contribution in [-0.4, -0.2) is 50.2 Å². The molecule has 0 unspecified atom stereocenters. The van der Waals surface area contributed by atoms with Gasteiger partial charge in [-0.3, -0.25) is 4.72 Å². The summed E-state index contributed by atoms with van der Waals surface area (Å²) in [7, 11) is -3.52. The molecule has 1 fully saturated rings. The van der Waals surface area contributed by atoms with Gasteiger partial charge in [-0.1, -0.05) is 30.3 Å². The molecule has 4 N–H and O–H groups in total. The Bertz CT molecular complexity index is 912. The van der Waals surface area contributed by atoms with E-state index in [0.717, 1.165) is 31.9 Å². The van der Waals surface area contributed by atoms with Gasteiger partial charge in [0.05, 0.1) is 11.9 Å². The maximum atomic E-state index is 11.4. The second-order valence-electron chi connectivity index (χ2n) is 7.89. The number of benzene rings is 2. The summed E-state index contributed by atoms with van der Waals surface area (Å²) in [4.78, 5) is 0. The number of hydrogen-bond acceptors (Lipinski definition) is 6. The fourth-order valence-electron chi connectivity index (χ4n) is 3.80. The first kappa shape index (κ1) is 22.4. The first-order valence-electron chi connectivity index (χ1n) is 10.2. The number of aromatic hydroxyl groups is 1. The van der Waals surface area contributed by atoms with Crippen LogP contribution in [-0.2, 0) is 10.0 Å². The minimum atomic E-state index is -3.52. The minimum absolute atomic E-state index is 0.0396. The number of phenols is 1. The lowest BCUT2D eigenvalue weighted by molar-refractivity contribution is 0.101. The van der Waals surface area contributed by atoms with Crippen molar-refractivity contribution >= 4 is 15.7 Å². The number of sulfonamides is 1. The van der Waals surface area contributed by atoms with E-state index in [0.29, 0.717) is 24.3 Å². The Morgan fingerprint density at radius 1 is 1.10 bits per heavy atom. The fourth-order valence-corrected chi connectivity index (χ4v) is 4.36. The van der Waals surface area contributed by atoms with E-state index in [9.17, 15) is 18.6 Å². The van der Waals surface area contributed by atoms with Gasteiger partial charge in [0.2, 0.25) is 10.0 Å². The zero-order chi connectivity index (χ0) is 21.6. The molecular formula is C22H30N2O5S. The third kappa shape index (κ3) is 6.90. The molecule has 3 rings (SSSR count). The van der Waals surface area contributed by atoms with Crippen LogP contribution < -0.4 is 14.8 Å². The number of aliphatic hydroxyl groups excluding tert-OH is 1. The lowest BCUT2D eigenvalue weighted by Gasteiger charge is -2.30. The first-order chi connectivity index (χ1) is 14.3. The molecule has 7 nitrogen and oxygen atoms in total. The van der Waals surface area contributed by atoms with Gasteiger partial charge in [0.1, 0.15) is 24.2 Å². The summed E-state index contributed by atoms with van der Waals surface area (Å²) in [6.07, 6.45) is 4.73. The Labute approximate surface area is 178 Å². The Morgan fingerprint density at radius 2 is 1.80 bits per heavy atom. The SMILES string of the molecule is CS(=O)(=O)Nc1cc(OC[C@@H](O)CN[C@H]2CC[C@H](c3ccccc3)CC2)ccc1O. The number of aliphatic hydroxyl groups is 1. The van der Waals surface area contributed by atoms with Gasteiger partial charge in [-0.05, 0) is 49.3 Å². The third-order valence-corrected chi connectivity index (χ3v) is 5.94. The molecule has 0 amide bonds. The summed E-state index contributed by atoms with van der Waals surface area (Å²) in [5, 5.41) is 23.4. The van der Waals surface area contributed by atoms with Crippen LogP contribution in [0.3, 0.4) is 0 Å². The molecule has 0 bridgehead atoms. The molecule has 164 valence electrons. The van der Waals surface area contributed by atoms with Crippen LogP contribution in [0, 0.1) is 0 Å². The standard InChI is InChI=1S/C22H30N2O5S/c1-30(27,28)24-21-13-20(11-12-22(21)26)29-15-19(25)14-23-18-9-7-17(8-10-18)16-5-3-2-4-6-16/h2-6,11-13,17-19,23-26H,7-10,14-15H2,1H3/t17-,18-,19-/m0/s1. The van der Waals surface area contributed by atoms with Crippen molar-refractivity contribution in [3.63, 3.8) is 0 Å². The quantitative estimate of drug-likeness (QED) is 0.452. The predicted octanol–water partition coefficient (Wildman–Crippen LogP) is 2.82. The molecule has 0 aromatic heterocycles. The average molecular weight is 435 g/mol. The number of rotatable bonds is 9. The van der Waals surface area contributed by atoms with Crippen molar-refractivity contribution in [3.05, 3.63) is 54.1 Å². The molecule has 2 aromatic carbocycles. The molecule has 30 heavy (non-hydrogen) atoms. The topological polar surface area (TPSA) is 108 Å². The van der Waals surface area contributed by atoms with E-state index in [1.165, 1.54) is 23.8 Å². The second-order valence-corrected chi connectivity index (χ2v) is 9.63. The number of ether oxygens (including phenoxy) is 1. The van der Waals surface area contributed by atoms with E-state index < -0.39 is 16.1 Å². The molecule has 0 radical (unpaired) electrons. The first-order valence-corrected chi connectivity index (χ1v) is 12.1. The maximum absolute atomic E-state index is 11.4. The zero-order valence-electron chi connectivity index (χ0n) is 17.1. The van der Waals surface area contributed by atoms with Crippen LogP contribution >= 0.6 is 0 Å². The molecule has 0 aliphatic heterocycles. The van der Waals surface area contributed by atoms with Gasteiger partial charge in [0.15, 0.2) is 0 Å². The van der Waals surface area contributed by atoms with Crippen molar-refractivity contribution in [3.8, 4) is 11.5 Å². The van der Waals surface area contributed by atoms with Crippen LogP contribution in [0.2, 0.25) is 0 Å². The van der Waals surface area contributed by atoms with Crippen molar-refractivity contribution in [2.75, 3.05) is 24.1 Å². The van der Waals surface area contributed by atoms with Crippen LogP contribution in [0.5, 0.6) is 11.5 Å². The number of hydrogen-bond donors (Lipinski definition) is 4. The van der Waals surface area contributed by atoms with Crippen LogP contribution in [0.15, 0.2) is 48.5 Å². The minimum Gasteiger partial charge on any atom is -0.506 e. The molecule has 0 spiro atoms. The largest absolute Gasteiger partial charge is 0.506 e. The van der Waals surface area contributed by atoms with Crippen LogP contribution in [0.25, 0.3) is 0 Å². The molecule has 0 heterocycles. The van der Waals surface area contributed by atoms with Crippen molar-refractivity contribution in [2.24, 2.45) is 0 Å². The molecule has 8 heteroatoms. The molecule has 2 aromatic rings. The molecule has 1 saturated carbocycles. The van der Waals surface area contributed by atoms with E-state index in [1.54, 1.807) is 0 Å². The maximum Gasteiger partial charge on any atom is 0.229 e. The average Bonchev–Trinajstić information content (AvgIpc) is 2.73. The van der Waals surface area contributed by atoms with Crippen molar-refractivity contribution in [1.82, 2.24) is 5.32 Å². The molecule has 1 atom stereocenters. The van der Waals surface area contributed by atoms with Crippen molar-refractivity contribution in [1.29, 1.82) is 0 Å². The Kier molecular flexibility index (Phi) is 7.58. The summed E-state index contributed by atoms with van der Waals surface area (Å²) in [5.74, 6) is 0.782. The van der Waals surface area contributed by atoms with Gasteiger partial charge in [-0.15, -0.1) is 0 Å². The van der Waals surface area contributed by atoms with Gasteiger partial charge in [0.25, 0.3) is 0 Å². The molecule has 1 aliphatic carbocycles. The van der Waals surface area contributed by atoms with E-state index in [1.807, 2.05) is 6.07 Å². The highest BCUT2D eigenvalue weighted by Gasteiger charge is 2.22. The summed E-state index contributed by atoms with van der Waals surface area (Å²) >= 11 is 0. The zero-order valence-corrected chi connectivity index (χ0v) is 17.9. The fraction of sp³-hybridized carbons (Fsp3) is 0.455. The van der Waals surface area contributed by atoms with E-state index in [4.69, 9.17) is 4.74 Å². The highest BCUT2D eigenvalue weighted by atomic mass is 32.2. The van der Waals surface area contributed by atoms with Gasteiger partial charge in [-0.25, -0.2) is 8.42 Å². The second kappa shape index (κ2) is 10.1. The van der Waals surface area contributed by atoms with Crippen LogP contribution in [0.4, 0.5) is 5.69 Å². The predicted molar refractivity (Wildman–Crippen MR) is 118 cm³/mol. The Morgan fingerprint density at radius 3 is 2.47 bits per heavy atom. The normalized spacial score (nSPS) is 20.5. The Hall–Kier alpha value is -2.29. The van der Waals surface area contributed by atoms with Gasteiger partial charge >= 0.3 is 0 Å². The molecule has 1 aliphatic rings. The van der Waals surface area contributed by atoms with Gasteiger partial charge in [0, 0.05) is 18.7 Å². The number of nitrogens with one attached hydrogen (secondary N) is 2. The number of phenolic OH excluding ortho intramolecular Hbond substituents is 1. The highest BCUT2D eigenvalue weighted by Crippen LogP contribution is 2.32. The van der Waals surface area contributed by atoms with E-state index in [-0.39, 0.29) is 18.0 Å². The summed E-state index contributed by atoms with van der Waals surface area (Å²) < 4.78 is 30.5. The number of anilines is 1. The molecular weight excluding hydrogens is 404 g/mol. The van der Waals surface area contributed by atoms with Gasteiger partial charge < -0.3 is 20.3 Å². The summed E-state index contributed by atoms with van der Waals surface area (Å²) in [5.41, 5.74) is 1.45.